The van der Waals surface area contributed by atoms with Crippen LogP contribution < -0.4 is 5.32 Å². The first-order chi connectivity index (χ1) is 10.0. The molecule has 7 heteroatoms. The molecule has 0 saturated heterocycles. The molecule has 0 fully saturated rings. The van der Waals surface area contributed by atoms with Crippen LogP contribution in [0.5, 0.6) is 0 Å². The van der Waals surface area contributed by atoms with Crippen LogP contribution in [-0.4, -0.2) is 53.2 Å². The third kappa shape index (κ3) is 9.46. The molecule has 0 aliphatic heterocycles. The number of nitrogens with zero attached hydrogens (tertiary/aromatic N) is 2. The van der Waals surface area contributed by atoms with E-state index >= 15 is 0 Å². The van der Waals surface area contributed by atoms with Crippen molar-refractivity contribution in [3.8, 4) is 6.07 Å². The summed E-state index contributed by atoms with van der Waals surface area (Å²) in [5.74, 6) is -1.27. The molecule has 0 aliphatic carbocycles. The van der Waals surface area contributed by atoms with Gasteiger partial charge in [0.05, 0.1) is 6.61 Å². The molecule has 0 aromatic rings. The van der Waals surface area contributed by atoms with Gasteiger partial charge >= 0.3 is 5.97 Å². The standard InChI is InChI=1S/C14H23N3O4/c1-2-17(8-9-18)11-12(10-15)14(21)16-7-5-3-4-6-13(19)20/h11,18H,2-9H2,1H3,(H,16,21)(H,19,20)/b12-11-. The lowest BCUT2D eigenvalue weighted by atomic mass is 10.2. The fourth-order valence-electron chi connectivity index (χ4n) is 1.64. The second-order valence-corrected chi connectivity index (χ2v) is 4.47. The molecule has 0 unspecified atom stereocenters. The number of rotatable bonds is 11. The van der Waals surface area contributed by atoms with Crippen molar-refractivity contribution in [2.24, 2.45) is 0 Å². The lowest BCUT2D eigenvalue weighted by molar-refractivity contribution is -0.137. The molecule has 118 valence electrons. The van der Waals surface area contributed by atoms with Crippen molar-refractivity contribution in [3.63, 3.8) is 0 Å². The van der Waals surface area contributed by atoms with Gasteiger partial charge in [-0.15, -0.1) is 0 Å². The van der Waals surface area contributed by atoms with E-state index in [1.165, 1.54) is 6.20 Å². The van der Waals surface area contributed by atoms with Gasteiger partial charge in [-0.1, -0.05) is 6.42 Å². The number of unbranched alkanes of at least 4 members (excludes halogenated alkanes) is 2. The Hall–Kier alpha value is -2.07. The summed E-state index contributed by atoms with van der Waals surface area (Å²) in [6.07, 6.45) is 3.53. The van der Waals surface area contributed by atoms with Crippen molar-refractivity contribution in [2.75, 3.05) is 26.2 Å². The minimum absolute atomic E-state index is 0.00386. The van der Waals surface area contributed by atoms with Crippen molar-refractivity contribution >= 4 is 11.9 Å². The highest BCUT2D eigenvalue weighted by molar-refractivity contribution is 5.97. The Kier molecular flexibility index (Phi) is 10.6. The summed E-state index contributed by atoms with van der Waals surface area (Å²) in [5, 5.41) is 28.9. The van der Waals surface area contributed by atoms with E-state index in [0.29, 0.717) is 38.9 Å². The van der Waals surface area contributed by atoms with E-state index in [9.17, 15) is 9.59 Å². The molecule has 0 aromatic carbocycles. The number of carboxylic acid groups (broad SMARTS) is 1. The van der Waals surface area contributed by atoms with E-state index < -0.39 is 11.9 Å². The summed E-state index contributed by atoms with van der Waals surface area (Å²) in [5.41, 5.74) is -0.00386. The number of nitriles is 1. The van der Waals surface area contributed by atoms with E-state index in [1.807, 2.05) is 13.0 Å². The summed E-state index contributed by atoms with van der Waals surface area (Å²) in [4.78, 5) is 23.8. The van der Waals surface area contributed by atoms with Crippen LogP contribution >= 0.6 is 0 Å². The number of nitrogens with one attached hydrogen (secondary N) is 1. The number of carbonyl (C=O) groups excluding carboxylic acids is 1. The number of aliphatic carboxylic acids is 1. The molecule has 0 spiro atoms. The van der Waals surface area contributed by atoms with E-state index in [4.69, 9.17) is 15.5 Å². The molecule has 0 atom stereocenters. The molecule has 7 nitrogen and oxygen atoms in total. The first kappa shape index (κ1) is 18.9. The van der Waals surface area contributed by atoms with Gasteiger partial charge < -0.3 is 20.4 Å². The van der Waals surface area contributed by atoms with Gasteiger partial charge in [0.1, 0.15) is 11.6 Å². The molecular formula is C14H23N3O4. The Balaban J connectivity index is 4.14. The van der Waals surface area contributed by atoms with Gasteiger partial charge in [-0.3, -0.25) is 9.59 Å². The molecular weight excluding hydrogens is 274 g/mol. The first-order valence-corrected chi connectivity index (χ1v) is 7.02. The average molecular weight is 297 g/mol. The SMILES string of the molecule is CCN(/C=C(/C#N)C(=O)NCCCCCC(=O)O)CCO. The zero-order valence-corrected chi connectivity index (χ0v) is 12.3. The number of carboxylic acids is 1. The Bertz CT molecular complexity index is 402. The number of likely N-dealkylation sites (N-methyl/N-ethyl adjacent to an activating group) is 1. The molecule has 0 saturated carbocycles. The van der Waals surface area contributed by atoms with Gasteiger partial charge in [0, 0.05) is 32.3 Å². The van der Waals surface area contributed by atoms with Gasteiger partial charge in [-0.05, 0) is 19.8 Å². The summed E-state index contributed by atoms with van der Waals surface area (Å²) in [7, 11) is 0. The van der Waals surface area contributed by atoms with Gasteiger partial charge in [-0.2, -0.15) is 5.26 Å². The molecule has 1 amide bonds. The number of aliphatic hydroxyl groups excluding tert-OH is 1. The fraction of sp³-hybridized carbons (Fsp3) is 0.643. The van der Waals surface area contributed by atoms with Crippen LogP contribution in [0.4, 0.5) is 0 Å². The largest absolute Gasteiger partial charge is 0.481 e. The second-order valence-electron chi connectivity index (χ2n) is 4.47. The number of aliphatic hydroxyl groups is 1. The normalized spacial score (nSPS) is 10.8. The van der Waals surface area contributed by atoms with Crippen LogP contribution in [0.25, 0.3) is 0 Å². The zero-order chi connectivity index (χ0) is 16.1. The Morgan fingerprint density at radius 1 is 1.33 bits per heavy atom. The minimum Gasteiger partial charge on any atom is -0.481 e. The van der Waals surface area contributed by atoms with E-state index in [2.05, 4.69) is 5.32 Å². The lowest BCUT2D eigenvalue weighted by Gasteiger charge is -2.17. The summed E-state index contributed by atoms with van der Waals surface area (Å²) in [6.45, 7) is 3.18. The number of carbonyl (C=O) groups is 2. The number of hydrogen-bond donors (Lipinski definition) is 3. The Morgan fingerprint density at radius 2 is 2.05 bits per heavy atom. The monoisotopic (exact) mass is 297 g/mol. The highest BCUT2D eigenvalue weighted by Crippen LogP contribution is 2.01. The van der Waals surface area contributed by atoms with Crippen LogP contribution in [0.2, 0.25) is 0 Å². The van der Waals surface area contributed by atoms with Gasteiger partial charge in [0.25, 0.3) is 5.91 Å². The highest BCUT2D eigenvalue weighted by atomic mass is 16.4. The number of hydrogen-bond acceptors (Lipinski definition) is 5. The molecule has 3 N–H and O–H groups in total. The first-order valence-electron chi connectivity index (χ1n) is 7.02. The number of amides is 1. The third-order valence-corrected chi connectivity index (χ3v) is 2.82. The summed E-state index contributed by atoms with van der Waals surface area (Å²) in [6, 6.07) is 1.84. The van der Waals surface area contributed by atoms with Crippen LogP contribution in [0.3, 0.4) is 0 Å². The maximum absolute atomic E-state index is 11.8. The smallest absolute Gasteiger partial charge is 0.303 e. The van der Waals surface area contributed by atoms with Crippen LogP contribution in [0.15, 0.2) is 11.8 Å². The van der Waals surface area contributed by atoms with E-state index in [0.717, 1.165) is 0 Å². The zero-order valence-electron chi connectivity index (χ0n) is 12.3. The topological polar surface area (TPSA) is 114 Å². The quantitative estimate of drug-likeness (QED) is 0.290. The van der Waals surface area contributed by atoms with Gasteiger partial charge in [-0.25, -0.2) is 0 Å². The maximum Gasteiger partial charge on any atom is 0.303 e. The summed E-state index contributed by atoms with van der Waals surface area (Å²) < 4.78 is 0. The van der Waals surface area contributed by atoms with E-state index in [1.54, 1.807) is 4.90 Å². The Labute approximate surface area is 124 Å². The van der Waals surface area contributed by atoms with Crippen LogP contribution in [-0.2, 0) is 9.59 Å². The molecule has 0 aliphatic rings. The van der Waals surface area contributed by atoms with Crippen LogP contribution in [0.1, 0.15) is 32.6 Å². The molecule has 0 bridgehead atoms. The summed E-state index contributed by atoms with van der Waals surface area (Å²) >= 11 is 0. The molecule has 0 radical (unpaired) electrons. The van der Waals surface area contributed by atoms with Gasteiger partial charge in [0.2, 0.25) is 0 Å². The predicted molar refractivity (Wildman–Crippen MR) is 77.1 cm³/mol. The molecule has 21 heavy (non-hydrogen) atoms. The van der Waals surface area contributed by atoms with Crippen molar-refractivity contribution in [1.29, 1.82) is 5.26 Å². The van der Waals surface area contributed by atoms with E-state index in [-0.39, 0.29) is 18.6 Å². The van der Waals surface area contributed by atoms with Gasteiger partial charge in [0.15, 0.2) is 0 Å². The third-order valence-electron chi connectivity index (χ3n) is 2.82. The second kappa shape index (κ2) is 11.7. The minimum atomic E-state index is -0.822. The van der Waals surface area contributed by atoms with Crippen molar-refractivity contribution in [3.05, 3.63) is 11.8 Å². The lowest BCUT2D eigenvalue weighted by Crippen LogP contribution is -2.28. The molecule has 0 rings (SSSR count). The van der Waals surface area contributed by atoms with Crippen LogP contribution in [0, 0.1) is 11.3 Å². The maximum atomic E-state index is 11.8. The molecule has 0 heterocycles. The fourth-order valence-corrected chi connectivity index (χ4v) is 1.64. The van der Waals surface area contributed by atoms with Crippen molar-refractivity contribution < 1.29 is 19.8 Å². The average Bonchev–Trinajstić information content (AvgIpc) is 2.46. The van der Waals surface area contributed by atoms with Crippen molar-refractivity contribution in [1.82, 2.24) is 10.2 Å². The Morgan fingerprint density at radius 3 is 2.57 bits per heavy atom. The molecule has 0 aromatic heterocycles. The highest BCUT2D eigenvalue weighted by Gasteiger charge is 2.09. The predicted octanol–water partition coefficient (Wildman–Crippen LogP) is 0.469. The van der Waals surface area contributed by atoms with Crippen molar-refractivity contribution in [2.45, 2.75) is 32.6 Å².